The van der Waals surface area contributed by atoms with Gasteiger partial charge in [0.1, 0.15) is 6.04 Å². The summed E-state index contributed by atoms with van der Waals surface area (Å²) in [6.45, 7) is 3.57. The third kappa shape index (κ3) is 3.87. The van der Waals surface area contributed by atoms with Crippen molar-refractivity contribution < 1.29 is 14.3 Å². The molecule has 1 saturated heterocycles. The number of hydrogen-bond acceptors (Lipinski definition) is 4. The van der Waals surface area contributed by atoms with E-state index in [4.69, 9.17) is 16.3 Å². The highest BCUT2D eigenvalue weighted by molar-refractivity contribution is 14.1. The zero-order valence-electron chi connectivity index (χ0n) is 11.6. The summed E-state index contributed by atoms with van der Waals surface area (Å²) < 4.78 is 5.92. The van der Waals surface area contributed by atoms with E-state index in [0.717, 1.165) is 3.57 Å². The summed E-state index contributed by atoms with van der Waals surface area (Å²) in [7, 11) is 0. The van der Waals surface area contributed by atoms with Crippen LogP contribution < -0.4 is 5.32 Å². The highest BCUT2D eigenvalue weighted by Crippen LogP contribution is 2.21. The van der Waals surface area contributed by atoms with Crippen LogP contribution in [0.4, 0.5) is 0 Å². The summed E-state index contributed by atoms with van der Waals surface area (Å²) in [4.78, 5) is 26.1. The minimum atomic E-state index is -0.593. The summed E-state index contributed by atoms with van der Waals surface area (Å²) in [5, 5.41) is 3.64. The number of rotatable bonds is 3. The monoisotopic (exact) mass is 422 g/mol. The second-order valence-corrected chi connectivity index (χ2v) is 6.17. The molecule has 1 atom stereocenters. The van der Waals surface area contributed by atoms with Crippen molar-refractivity contribution in [3.05, 3.63) is 32.4 Å². The standard InChI is InChI=1S/C14H16ClIN2O3/c1-2-21-14(20)12-8-17-5-6-18(12)13(19)9-3-4-11(16)10(15)7-9/h3-4,7,12,17H,2,5-6,8H2,1H3. The number of amides is 1. The molecule has 1 aliphatic rings. The van der Waals surface area contributed by atoms with Crippen molar-refractivity contribution in [2.24, 2.45) is 0 Å². The maximum Gasteiger partial charge on any atom is 0.330 e. The molecule has 1 unspecified atom stereocenters. The molecule has 7 heteroatoms. The topological polar surface area (TPSA) is 58.6 Å². The third-order valence-electron chi connectivity index (χ3n) is 3.23. The van der Waals surface area contributed by atoms with Gasteiger partial charge in [0.2, 0.25) is 0 Å². The molecule has 0 spiro atoms. The summed E-state index contributed by atoms with van der Waals surface area (Å²) in [6.07, 6.45) is 0. The minimum absolute atomic E-state index is 0.201. The van der Waals surface area contributed by atoms with E-state index in [9.17, 15) is 9.59 Å². The molecule has 1 amide bonds. The Morgan fingerprint density at radius 1 is 1.52 bits per heavy atom. The van der Waals surface area contributed by atoms with E-state index in [2.05, 4.69) is 27.9 Å². The number of hydrogen-bond donors (Lipinski definition) is 1. The van der Waals surface area contributed by atoms with Gasteiger partial charge in [-0.3, -0.25) is 4.79 Å². The molecule has 0 radical (unpaired) electrons. The normalized spacial score (nSPS) is 18.4. The van der Waals surface area contributed by atoms with Gasteiger partial charge in [-0.2, -0.15) is 0 Å². The summed E-state index contributed by atoms with van der Waals surface area (Å²) in [5.74, 6) is -0.581. The Labute approximate surface area is 142 Å². The molecule has 0 bridgehead atoms. The molecule has 21 heavy (non-hydrogen) atoms. The van der Waals surface area contributed by atoms with Crippen LogP contribution >= 0.6 is 34.2 Å². The van der Waals surface area contributed by atoms with Crippen LogP contribution in [0.3, 0.4) is 0 Å². The zero-order valence-corrected chi connectivity index (χ0v) is 14.5. The lowest BCUT2D eigenvalue weighted by Crippen LogP contribution is -2.57. The quantitative estimate of drug-likeness (QED) is 0.597. The molecule has 0 aromatic heterocycles. The number of carbonyl (C=O) groups is 2. The predicted octanol–water partition coefficient (Wildman–Crippen LogP) is 1.92. The van der Waals surface area contributed by atoms with Crippen LogP contribution in [-0.4, -0.2) is 49.1 Å². The lowest BCUT2D eigenvalue weighted by Gasteiger charge is -2.34. The molecule has 114 valence electrons. The van der Waals surface area contributed by atoms with Gasteiger partial charge in [0.15, 0.2) is 0 Å². The van der Waals surface area contributed by atoms with Crippen LogP contribution in [0, 0.1) is 3.57 Å². The first-order valence-corrected chi connectivity index (χ1v) is 8.13. The van der Waals surface area contributed by atoms with E-state index < -0.39 is 6.04 Å². The molecule has 1 fully saturated rings. The Hall–Kier alpha value is -0.860. The lowest BCUT2D eigenvalue weighted by molar-refractivity contribution is -0.149. The molecule has 0 aliphatic carbocycles. The van der Waals surface area contributed by atoms with E-state index in [0.29, 0.717) is 36.8 Å². The van der Waals surface area contributed by atoms with E-state index in [1.165, 1.54) is 0 Å². The SMILES string of the molecule is CCOC(=O)C1CNCCN1C(=O)c1ccc(I)c(Cl)c1. The molecule has 1 aromatic carbocycles. The molecule has 2 rings (SSSR count). The first-order chi connectivity index (χ1) is 10.0. The molecule has 1 heterocycles. The minimum Gasteiger partial charge on any atom is -0.464 e. The number of benzene rings is 1. The lowest BCUT2D eigenvalue weighted by atomic mass is 10.1. The van der Waals surface area contributed by atoms with Gasteiger partial charge in [-0.1, -0.05) is 11.6 Å². The predicted molar refractivity (Wildman–Crippen MR) is 88.5 cm³/mol. The Bertz CT molecular complexity index is 553. The Morgan fingerprint density at radius 3 is 2.95 bits per heavy atom. The number of carbonyl (C=O) groups excluding carboxylic acids is 2. The summed E-state index contributed by atoms with van der Waals surface area (Å²) in [5.41, 5.74) is 0.483. The van der Waals surface area contributed by atoms with Gasteiger partial charge in [-0.05, 0) is 47.7 Å². The van der Waals surface area contributed by atoms with E-state index in [-0.39, 0.29) is 11.9 Å². The van der Waals surface area contributed by atoms with Crippen molar-refractivity contribution >= 4 is 46.1 Å². The molecular formula is C14H16ClIN2O3. The first kappa shape index (κ1) is 16.5. The number of nitrogens with zero attached hydrogens (tertiary/aromatic N) is 1. The number of nitrogens with one attached hydrogen (secondary N) is 1. The Balaban J connectivity index is 2.21. The van der Waals surface area contributed by atoms with Gasteiger partial charge in [-0.25, -0.2) is 4.79 Å². The first-order valence-electron chi connectivity index (χ1n) is 6.68. The molecule has 5 nitrogen and oxygen atoms in total. The van der Waals surface area contributed by atoms with E-state index in [1.54, 1.807) is 30.0 Å². The highest BCUT2D eigenvalue weighted by Gasteiger charge is 2.33. The average molecular weight is 423 g/mol. The van der Waals surface area contributed by atoms with Crippen LogP contribution in [0.5, 0.6) is 0 Å². The van der Waals surface area contributed by atoms with E-state index >= 15 is 0 Å². The number of halogens is 2. The van der Waals surface area contributed by atoms with Crippen molar-refractivity contribution in [1.82, 2.24) is 10.2 Å². The summed E-state index contributed by atoms with van der Waals surface area (Å²) >= 11 is 8.17. The third-order valence-corrected chi connectivity index (χ3v) is 4.80. The van der Waals surface area contributed by atoms with Gasteiger partial charge in [0, 0.05) is 28.8 Å². The number of piperazine rings is 1. The van der Waals surface area contributed by atoms with Crippen molar-refractivity contribution in [3.8, 4) is 0 Å². The highest BCUT2D eigenvalue weighted by atomic mass is 127. The maximum atomic E-state index is 12.6. The molecular weight excluding hydrogens is 407 g/mol. The van der Waals surface area contributed by atoms with Crippen molar-refractivity contribution in [3.63, 3.8) is 0 Å². The Kier molecular flexibility index (Phi) is 5.83. The fraction of sp³-hybridized carbons (Fsp3) is 0.429. The fourth-order valence-electron chi connectivity index (χ4n) is 2.19. The van der Waals surface area contributed by atoms with E-state index in [1.807, 2.05) is 0 Å². The van der Waals surface area contributed by atoms with Gasteiger partial charge in [0.05, 0.1) is 11.6 Å². The van der Waals surface area contributed by atoms with Crippen LogP contribution in [0.1, 0.15) is 17.3 Å². The van der Waals surface area contributed by atoms with Gasteiger partial charge >= 0.3 is 5.97 Å². The van der Waals surface area contributed by atoms with Crippen LogP contribution in [-0.2, 0) is 9.53 Å². The van der Waals surface area contributed by atoms with Crippen LogP contribution in [0.15, 0.2) is 18.2 Å². The number of esters is 1. The van der Waals surface area contributed by atoms with Crippen LogP contribution in [0.2, 0.25) is 5.02 Å². The van der Waals surface area contributed by atoms with Crippen molar-refractivity contribution in [1.29, 1.82) is 0 Å². The second kappa shape index (κ2) is 7.42. The zero-order chi connectivity index (χ0) is 15.4. The fourth-order valence-corrected chi connectivity index (χ4v) is 2.71. The van der Waals surface area contributed by atoms with Crippen molar-refractivity contribution in [2.45, 2.75) is 13.0 Å². The number of ether oxygens (including phenoxy) is 1. The maximum absolute atomic E-state index is 12.6. The largest absolute Gasteiger partial charge is 0.464 e. The van der Waals surface area contributed by atoms with Gasteiger partial charge in [0.25, 0.3) is 5.91 Å². The molecule has 1 aliphatic heterocycles. The second-order valence-electron chi connectivity index (χ2n) is 4.60. The smallest absolute Gasteiger partial charge is 0.330 e. The summed E-state index contributed by atoms with van der Waals surface area (Å²) in [6, 6.07) is 4.55. The average Bonchev–Trinajstić information content (AvgIpc) is 2.49. The molecule has 1 N–H and O–H groups in total. The molecule has 1 aromatic rings. The van der Waals surface area contributed by atoms with Gasteiger partial charge < -0.3 is 15.0 Å². The van der Waals surface area contributed by atoms with Crippen LogP contribution in [0.25, 0.3) is 0 Å². The molecule has 0 saturated carbocycles. The Morgan fingerprint density at radius 2 is 2.29 bits per heavy atom. The van der Waals surface area contributed by atoms with Crippen molar-refractivity contribution in [2.75, 3.05) is 26.2 Å². The van der Waals surface area contributed by atoms with Gasteiger partial charge in [-0.15, -0.1) is 0 Å².